The highest BCUT2D eigenvalue weighted by Gasteiger charge is 2.26. The molecule has 156 valence electrons. The highest BCUT2D eigenvalue weighted by molar-refractivity contribution is 5.47. The van der Waals surface area contributed by atoms with Crippen LogP contribution in [-0.4, -0.2) is 38.4 Å². The van der Waals surface area contributed by atoms with E-state index in [9.17, 15) is 0 Å². The normalized spacial score (nSPS) is 22.1. The first-order valence-corrected chi connectivity index (χ1v) is 10.9. The summed E-state index contributed by atoms with van der Waals surface area (Å²) in [4.78, 5) is 0. The predicted octanol–water partition coefficient (Wildman–Crippen LogP) is 4.11. The molecule has 2 atom stereocenters. The van der Waals surface area contributed by atoms with Gasteiger partial charge in [-0.15, -0.1) is 0 Å². The summed E-state index contributed by atoms with van der Waals surface area (Å²) in [6.45, 7) is 12.9. The lowest BCUT2D eigenvalue weighted by molar-refractivity contribution is 0.221. The molecule has 2 aromatic rings. The topological polar surface area (TPSA) is 42.5 Å². The zero-order valence-electron chi connectivity index (χ0n) is 18.2. The maximum Gasteiger partial charge on any atom is 0.122 e. The minimum absolute atomic E-state index is 0.0869. The summed E-state index contributed by atoms with van der Waals surface area (Å²) >= 11 is 0. The van der Waals surface area contributed by atoms with Crippen molar-refractivity contribution in [3.8, 4) is 11.5 Å². The van der Waals surface area contributed by atoms with Crippen molar-refractivity contribution >= 4 is 0 Å². The molecule has 29 heavy (non-hydrogen) atoms. The Morgan fingerprint density at radius 1 is 0.759 bits per heavy atom. The molecule has 0 bridgehead atoms. The van der Waals surface area contributed by atoms with Crippen LogP contribution in [0.1, 0.15) is 48.9 Å². The van der Waals surface area contributed by atoms with E-state index in [1.165, 1.54) is 22.3 Å². The Labute approximate surface area is 175 Å². The van der Waals surface area contributed by atoms with E-state index in [-0.39, 0.29) is 17.6 Å². The molecule has 2 aliphatic rings. The monoisotopic (exact) mass is 394 g/mol. The Morgan fingerprint density at radius 2 is 1.21 bits per heavy atom. The number of aryl methyl sites for hydroxylation is 2. The molecule has 2 fully saturated rings. The second-order valence-electron chi connectivity index (χ2n) is 9.05. The van der Waals surface area contributed by atoms with Gasteiger partial charge in [-0.3, -0.25) is 0 Å². The first-order chi connectivity index (χ1) is 13.9. The van der Waals surface area contributed by atoms with Crippen LogP contribution >= 0.6 is 0 Å². The fourth-order valence-electron chi connectivity index (χ4n) is 4.32. The molecule has 0 radical (unpaired) electrons. The number of hydrogen-bond acceptors (Lipinski definition) is 4. The molecule has 2 unspecified atom stereocenters. The predicted molar refractivity (Wildman–Crippen MR) is 118 cm³/mol. The molecule has 4 nitrogen and oxygen atoms in total. The Morgan fingerprint density at radius 3 is 1.55 bits per heavy atom. The van der Waals surface area contributed by atoms with Gasteiger partial charge in [0, 0.05) is 18.5 Å². The van der Waals surface area contributed by atoms with E-state index >= 15 is 0 Å². The molecule has 0 aromatic heterocycles. The molecule has 0 amide bonds. The van der Waals surface area contributed by atoms with Gasteiger partial charge in [0.2, 0.25) is 0 Å². The van der Waals surface area contributed by atoms with Gasteiger partial charge in [0.25, 0.3) is 0 Å². The van der Waals surface area contributed by atoms with Crippen LogP contribution in [0, 0.1) is 13.8 Å². The van der Waals surface area contributed by atoms with Crippen molar-refractivity contribution in [3.63, 3.8) is 0 Å². The van der Waals surface area contributed by atoms with Crippen LogP contribution in [-0.2, 0) is 5.41 Å². The Kier molecular flexibility index (Phi) is 5.84. The van der Waals surface area contributed by atoms with Crippen molar-refractivity contribution in [1.82, 2.24) is 10.6 Å². The van der Waals surface area contributed by atoms with Crippen LogP contribution in [0.5, 0.6) is 11.5 Å². The summed E-state index contributed by atoms with van der Waals surface area (Å²) in [6, 6.07) is 13.3. The highest BCUT2D eigenvalue weighted by atomic mass is 16.5. The molecular formula is C25H34N2O2. The molecule has 2 heterocycles. The number of benzene rings is 2. The van der Waals surface area contributed by atoms with Crippen molar-refractivity contribution in [1.29, 1.82) is 0 Å². The molecular weight excluding hydrogens is 360 g/mol. The lowest BCUT2D eigenvalue weighted by atomic mass is 9.77. The van der Waals surface area contributed by atoms with Crippen molar-refractivity contribution in [3.05, 3.63) is 58.7 Å². The zero-order valence-corrected chi connectivity index (χ0v) is 18.2. The standard InChI is InChI=1S/C25H34N2O2/c1-17-13-19(5-7-23(17)28-21-9-11-26-15-21)25(3,4)20-6-8-24(18(2)14-20)29-22-10-12-27-16-22/h5-8,13-14,21-22,26-27H,9-12,15-16H2,1-4H3. The molecule has 2 N–H and O–H groups in total. The molecule has 4 heteroatoms. The number of rotatable bonds is 6. The van der Waals surface area contributed by atoms with E-state index in [2.05, 4.69) is 74.7 Å². The van der Waals surface area contributed by atoms with Gasteiger partial charge in [0.15, 0.2) is 0 Å². The van der Waals surface area contributed by atoms with Gasteiger partial charge >= 0.3 is 0 Å². The Hall–Kier alpha value is -2.04. The summed E-state index contributed by atoms with van der Waals surface area (Å²) in [5, 5.41) is 6.73. The van der Waals surface area contributed by atoms with Crippen molar-refractivity contribution < 1.29 is 9.47 Å². The molecule has 0 aliphatic carbocycles. The van der Waals surface area contributed by atoms with Crippen LogP contribution in [0.3, 0.4) is 0 Å². The average Bonchev–Trinajstić information content (AvgIpc) is 3.39. The Balaban J connectivity index is 1.52. The maximum atomic E-state index is 6.19. The van der Waals surface area contributed by atoms with E-state index in [4.69, 9.17) is 9.47 Å². The van der Waals surface area contributed by atoms with E-state index < -0.39 is 0 Å². The lowest BCUT2D eigenvalue weighted by Gasteiger charge is -2.28. The van der Waals surface area contributed by atoms with Crippen LogP contribution in [0.4, 0.5) is 0 Å². The fourth-order valence-corrected chi connectivity index (χ4v) is 4.32. The van der Waals surface area contributed by atoms with Gasteiger partial charge in [-0.2, -0.15) is 0 Å². The van der Waals surface area contributed by atoms with Crippen LogP contribution in [0.25, 0.3) is 0 Å². The maximum absolute atomic E-state index is 6.19. The molecule has 2 aliphatic heterocycles. The summed E-state index contributed by atoms with van der Waals surface area (Å²) in [5.41, 5.74) is 4.93. The minimum Gasteiger partial charge on any atom is -0.489 e. The first-order valence-electron chi connectivity index (χ1n) is 10.9. The van der Waals surface area contributed by atoms with Gasteiger partial charge in [-0.25, -0.2) is 0 Å². The Bertz CT molecular complexity index is 780. The minimum atomic E-state index is -0.0869. The number of ether oxygens (including phenoxy) is 2. The van der Waals surface area contributed by atoms with E-state index in [1.807, 2.05) is 0 Å². The van der Waals surface area contributed by atoms with Crippen molar-refractivity contribution in [2.24, 2.45) is 0 Å². The highest BCUT2D eigenvalue weighted by Crippen LogP contribution is 2.36. The van der Waals surface area contributed by atoms with Crippen LogP contribution < -0.4 is 20.1 Å². The number of hydrogen-bond donors (Lipinski definition) is 2. The second kappa shape index (κ2) is 8.37. The summed E-state index contributed by atoms with van der Waals surface area (Å²) in [6.07, 6.45) is 2.74. The third-order valence-electron chi connectivity index (χ3n) is 6.41. The van der Waals surface area contributed by atoms with Crippen molar-refractivity contribution in [2.45, 2.75) is 58.2 Å². The quantitative estimate of drug-likeness (QED) is 0.774. The third kappa shape index (κ3) is 4.44. The van der Waals surface area contributed by atoms with Crippen LogP contribution in [0.15, 0.2) is 36.4 Å². The molecule has 4 rings (SSSR count). The van der Waals surface area contributed by atoms with E-state index in [0.717, 1.165) is 50.5 Å². The zero-order chi connectivity index (χ0) is 20.4. The fraction of sp³-hybridized carbons (Fsp3) is 0.520. The van der Waals surface area contributed by atoms with Gasteiger partial charge < -0.3 is 20.1 Å². The average molecular weight is 395 g/mol. The summed E-state index contributed by atoms with van der Waals surface area (Å²) in [7, 11) is 0. The smallest absolute Gasteiger partial charge is 0.122 e. The van der Waals surface area contributed by atoms with E-state index in [0.29, 0.717) is 0 Å². The molecule has 0 spiro atoms. The van der Waals surface area contributed by atoms with Gasteiger partial charge in [-0.05, 0) is 74.2 Å². The van der Waals surface area contributed by atoms with E-state index in [1.54, 1.807) is 0 Å². The summed E-state index contributed by atoms with van der Waals surface area (Å²) in [5.74, 6) is 2.01. The second-order valence-corrected chi connectivity index (χ2v) is 9.05. The number of nitrogens with one attached hydrogen (secondary N) is 2. The van der Waals surface area contributed by atoms with Gasteiger partial charge in [0.1, 0.15) is 23.7 Å². The SMILES string of the molecule is Cc1cc(C(C)(C)c2ccc(OC3CCNC3)c(C)c2)ccc1OC1CCNC1. The largest absolute Gasteiger partial charge is 0.489 e. The third-order valence-corrected chi connectivity index (χ3v) is 6.41. The van der Waals surface area contributed by atoms with Gasteiger partial charge in [0.05, 0.1) is 0 Å². The van der Waals surface area contributed by atoms with Crippen molar-refractivity contribution in [2.75, 3.05) is 26.2 Å². The lowest BCUT2D eigenvalue weighted by Crippen LogP contribution is -2.22. The first kappa shape index (κ1) is 20.2. The molecule has 2 saturated heterocycles. The summed E-state index contributed by atoms with van der Waals surface area (Å²) < 4.78 is 12.4. The van der Waals surface area contributed by atoms with Crippen LogP contribution in [0.2, 0.25) is 0 Å². The van der Waals surface area contributed by atoms with Gasteiger partial charge in [-0.1, -0.05) is 38.1 Å². The molecule has 2 aromatic carbocycles. The molecule has 0 saturated carbocycles.